The summed E-state index contributed by atoms with van der Waals surface area (Å²) in [6, 6.07) is 7.87. The SMILES string of the molecule is COc1ccccc1CN(C)C(=O)CC(C)C1CCCNC1.Cl. The Morgan fingerprint density at radius 3 is 2.83 bits per heavy atom. The van der Waals surface area contributed by atoms with Crippen molar-refractivity contribution in [2.24, 2.45) is 11.8 Å². The molecule has 0 radical (unpaired) electrons. The highest BCUT2D eigenvalue weighted by Crippen LogP contribution is 2.24. The smallest absolute Gasteiger partial charge is 0.222 e. The van der Waals surface area contributed by atoms with E-state index in [0.29, 0.717) is 24.8 Å². The number of para-hydroxylation sites is 1. The monoisotopic (exact) mass is 340 g/mol. The molecule has 0 bridgehead atoms. The average Bonchev–Trinajstić information content (AvgIpc) is 2.56. The van der Waals surface area contributed by atoms with E-state index in [-0.39, 0.29) is 18.3 Å². The molecule has 0 saturated carbocycles. The van der Waals surface area contributed by atoms with Gasteiger partial charge in [-0.05, 0) is 43.8 Å². The number of nitrogens with one attached hydrogen (secondary N) is 1. The molecule has 0 aromatic heterocycles. The topological polar surface area (TPSA) is 41.6 Å². The Kier molecular flexibility index (Phi) is 8.42. The Morgan fingerprint density at radius 1 is 1.43 bits per heavy atom. The highest BCUT2D eigenvalue weighted by Gasteiger charge is 2.23. The summed E-state index contributed by atoms with van der Waals surface area (Å²) in [4.78, 5) is 14.3. The number of nitrogens with zero attached hydrogens (tertiary/aromatic N) is 1. The van der Waals surface area contributed by atoms with E-state index < -0.39 is 0 Å². The Bertz CT molecular complexity index is 490. The number of benzene rings is 1. The number of piperidine rings is 1. The summed E-state index contributed by atoms with van der Waals surface area (Å²) < 4.78 is 5.36. The largest absolute Gasteiger partial charge is 0.496 e. The fraction of sp³-hybridized carbons (Fsp3) is 0.611. The van der Waals surface area contributed by atoms with E-state index in [1.165, 1.54) is 12.8 Å². The number of methoxy groups -OCH3 is 1. The molecule has 1 aliphatic rings. The summed E-state index contributed by atoms with van der Waals surface area (Å²) in [6.07, 6.45) is 3.08. The van der Waals surface area contributed by atoms with Gasteiger partial charge in [0.2, 0.25) is 5.91 Å². The third kappa shape index (κ3) is 5.70. The van der Waals surface area contributed by atoms with E-state index in [2.05, 4.69) is 12.2 Å². The van der Waals surface area contributed by atoms with E-state index in [4.69, 9.17) is 4.74 Å². The van der Waals surface area contributed by atoms with Crippen molar-refractivity contribution in [3.05, 3.63) is 29.8 Å². The number of carbonyl (C=O) groups is 1. The third-order valence-corrected chi connectivity index (χ3v) is 4.66. The highest BCUT2D eigenvalue weighted by atomic mass is 35.5. The third-order valence-electron chi connectivity index (χ3n) is 4.66. The molecule has 0 spiro atoms. The normalized spacial score (nSPS) is 18.7. The van der Waals surface area contributed by atoms with E-state index in [1.54, 1.807) is 7.11 Å². The zero-order valence-electron chi connectivity index (χ0n) is 14.4. The van der Waals surface area contributed by atoms with Crippen LogP contribution in [0.1, 0.15) is 31.7 Å². The molecule has 1 heterocycles. The van der Waals surface area contributed by atoms with E-state index in [1.807, 2.05) is 36.2 Å². The molecular formula is C18H29ClN2O2. The number of amides is 1. The first-order chi connectivity index (χ1) is 10.6. The summed E-state index contributed by atoms with van der Waals surface area (Å²) in [6.45, 7) is 4.96. The lowest BCUT2D eigenvalue weighted by Gasteiger charge is -2.29. The predicted octanol–water partition coefficient (Wildman–Crippen LogP) is 3.10. The number of hydrogen-bond donors (Lipinski definition) is 1. The standard InChI is InChI=1S/C18H28N2O2.ClH/c1-14(15-8-6-10-19-12-15)11-18(21)20(2)13-16-7-4-5-9-17(16)22-3;/h4-5,7,9,14-15,19H,6,8,10-13H2,1-3H3;1H. The van der Waals surface area contributed by atoms with Crippen molar-refractivity contribution >= 4 is 18.3 Å². The lowest BCUT2D eigenvalue weighted by Crippen LogP contribution is -2.36. The minimum Gasteiger partial charge on any atom is -0.496 e. The maximum atomic E-state index is 12.5. The maximum absolute atomic E-state index is 12.5. The Balaban J connectivity index is 0.00000264. The van der Waals surface area contributed by atoms with Crippen molar-refractivity contribution in [2.45, 2.75) is 32.7 Å². The van der Waals surface area contributed by atoms with Gasteiger partial charge in [0.1, 0.15) is 5.75 Å². The molecule has 1 saturated heterocycles. The van der Waals surface area contributed by atoms with Gasteiger partial charge in [-0.15, -0.1) is 12.4 Å². The average molecular weight is 341 g/mol. The quantitative estimate of drug-likeness (QED) is 0.865. The van der Waals surface area contributed by atoms with Gasteiger partial charge in [-0.3, -0.25) is 4.79 Å². The second-order valence-corrected chi connectivity index (χ2v) is 6.35. The van der Waals surface area contributed by atoms with Crippen LogP contribution in [0.15, 0.2) is 24.3 Å². The molecule has 0 aliphatic carbocycles. The molecule has 1 aromatic carbocycles. The van der Waals surface area contributed by atoms with Crippen molar-refractivity contribution in [1.82, 2.24) is 10.2 Å². The summed E-state index contributed by atoms with van der Waals surface area (Å²) in [7, 11) is 3.54. The molecule has 1 aromatic rings. The Hall–Kier alpha value is -1.26. The molecule has 5 heteroatoms. The molecule has 130 valence electrons. The van der Waals surface area contributed by atoms with Crippen LogP contribution < -0.4 is 10.1 Å². The van der Waals surface area contributed by atoms with Gasteiger partial charge in [-0.25, -0.2) is 0 Å². The number of carbonyl (C=O) groups excluding carboxylic acids is 1. The van der Waals surface area contributed by atoms with Crippen LogP contribution in [-0.2, 0) is 11.3 Å². The van der Waals surface area contributed by atoms with Gasteiger partial charge in [0.25, 0.3) is 0 Å². The first-order valence-corrected chi connectivity index (χ1v) is 8.18. The van der Waals surface area contributed by atoms with Crippen LogP contribution in [-0.4, -0.2) is 38.1 Å². The van der Waals surface area contributed by atoms with Crippen molar-refractivity contribution in [3.63, 3.8) is 0 Å². The highest BCUT2D eigenvalue weighted by molar-refractivity contribution is 5.85. The van der Waals surface area contributed by atoms with Gasteiger partial charge in [0.15, 0.2) is 0 Å². The fourth-order valence-corrected chi connectivity index (χ4v) is 3.14. The van der Waals surface area contributed by atoms with Crippen LogP contribution in [0.4, 0.5) is 0 Å². The molecule has 2 rings (SSSR count). The van der Waals surface area contributed by atoms with Crippen molar-refractivity contribution < 1.29 is 9.53 Å². The molecule has 1 N–H and O–H groups in total. The van der Waals surface area contributed by atoms with E-state index in [0.717, 1.165) is 24.4 Å². The van der Waals surface area contributed by atoms with Gasteiger partial charge in [0, 0.05) is 25.6 Å². The van der Waals surface area contributed by atoms with Crippen molar-refractivity contribution in [3.8, 4) is 5.75 Å². The van der Waals surface area contributed by atoms with Crippen LogP contribution in [0.25, 0.3) is 0 Å². The lowest BCUT2D eigenvalue weighted by molar-refractivity contribution is -0.131. The van der Waals surface area contributed by atoms with Gasteiger partial charge >= 0.3 is 0 Å². The van der Waals surface area contributed by atoms with Crippen LogP contribution in [0, 0.1) is 11.8 Å². The molecule has 23 heavy (non-hydrogen) atoms. The van der Waals surface area contributed by atoms with E-state index in [9.17, 15) is 4.79 Å². The van der Waals surface area contributed by atoms with Gasteiger partial charge in [-0.2, -0.15) is 0 Å². The minimum atomic E-state index is 0. The van der Waals surface area contributed by atoms with Crippen LogP contribution in [0.5, 0.6) is 5.75 Å². The lowest BCUT2D eigenvalue weighted by atomic mass is 9.85. The maximum Gasteiger partial charge on any atom is 0.222 e. The zero-order valence-corrected chi connectivity index (χ0v) is 15.2. The van der Waals surface area contributed by atoms with E-state index >= 15 is 0 Å². The second-order valence-electron chi connectivity index (χ2n) is 6.35. The van der Waals surface area contributed by atoms with Gasteiger partial charge in [0.05, 0.1) is 7.11 Å². The summed E-state index contributed by atoms with van der Waals surface area (Å²) in [5.74, 6) is 2.11. The minimum absolute atomic E-state index is 0. The van der Waals surface area contributed by atoms with Gasteiger partial charge < -0.3 is 15.0 Å². The van der Waals surface area contributed by atoms with Crippen LogP contribution in [0.2, 0.25) is 0 Å². The number of ether oxygens (including phenoxy) is 1. The molecule has 4 nitrogen and oxygen atoms in total. The number of hydrogen-bond acceptors (Lipinski definition) is 3. The molecule has 2 unspecified atom stereocenters. The van der Waals surface area contributed by atoms with Crippen molar-refractivity contribution in [2.75, 3.05) is 27.2 Å². The first kappa shape index (κ1) is 19.8. The van der Waals surface area contributed by atoms with Gasteiger partial charge in [-0.1, -0.05) is 25.1 Å². The summed E-state index contributed by atoms with van der Waals surface area (Å²) >= 11 is 0. The Labute approximate surface area is 146 Å². The first-order valence-electron chi connectivity index (χ1n) is 8.18. The predicted molar refractivity (Wildman–Crippen MR) is 96.1 cm³/mol. The molecule has 1 amide bonds. The molecule has 2 atom stereocenters. The second kappa shape index (κ2) is 9.78. The summed E-state index contributed by atoms with van der Waals surface area (Å²) in [5, 5.41) is 3.43. The zero-order chi connectivity index (χ0) is 15.9. The Morgan fingerprint density at radius 2 is 2.17 bits per heavy atom. The fourth-order valence-electron chi connectivity index (χ4n) is 3.14. The molecule has 1 aliphatic heterocycles. The van der Waals surface area contributed by atoms with Crippen LogP contribution >= 0.6 is 12.4 Å². The molecular weight excluding hydrogens is 312 g/mol. The number of halogens is 1. The van der Waals surface area contributed by atoms with Crippen LogP contribution in [0.3, 0.4) is 0 Å². The number of rotatable bonds is 6. The van der Waals surface area contributed by atoms with Crippen molar-refractivity contribution in [1.29, 1.82) is 0 Å². The molecule has 1 fully saturated rings. The summed E-state index contributed by atoms with van der Waals surface area (Å²) in [5.41, 5.74) is 1.05.